The fourth-order valence-electron chi connectivity index (χ4n) is 3.64. The molecule has 1 saturated heterocycles. The van der Waals surface area contributed by atoms with Gasteiger partial charge in [0.05, 0.1) is 22.9 Å². The van der Waals surface area contributed by atoms with Gasteiger partial charge in [0.25, 0.3) is 5.91 Å². The molecule has 0 bridgehead atoms. The SMILES string of the molecule is Cc1ncsc1C(=O)N1CCCC[C@@H]1c1nc(N)ncc1-c1cccc(F)c1. The van der Waals surface area contributed by atoms with Crippen molar-refractivity contribution in [2.45, 2.75) is 32.2 Å². The first-order chi connectivity index (χ1) is 13.5. The van der Waals surface area contributed by atoms with E-state index in [0.29, 0.717) is 28.2 Å². The number of hydrogen-bond acceptors (Lipinski definition) is 6. The zero-order valence-corrected chi connectivity index (χ0v) is 16.2. The van der Waals surface area contributed by atoms with Crippen molar-refractivity contribution in [2.24, 2.45) is 0 Å². The molecule has 0 aliphatic carbocycles. The van der Waals surface area contributed by atoms with Gasteiger partial charge in [-0.05, 0) is 43.9 Å². The third-order valence-electron chi connectivity index (χ3n) is 4.99. The highest BCUT2D eigenvalue weighted by Gasteiger charge is 2.33. The van der Waals surface area contributed by atoms with Gasteiger partial charge in [0, 0.05) is 18.3 Å². The van der Waals surface area contributed by atoms with E-state index in [1.807, 2.05) is 17.9 Å². The number of amides is 1. The summed E-state index contributed by atoms with van der Waals surface area (Å²) in [7, 11) is 0. The van der Waals surface area contributed by atoms with E-state index in [1.165, 1.54) is 23.5 Å². The van der Waals surface area contributed by atoms with Crippen molar-refractivity contribution in [3.8, 4) is 11.1 Å². The van der Waals surface area contributed by atoms with Crippen LogP contribution in [0.1, 0.15) is 46.4 Å². The molecule has 6 nitrogen and oxygen atoms in total. The number of carbonyl (C=O) groups is 1. The number of benzene rings is 1. The molecule has 3 aromatic rings. The van der Waals surface area contributed by atoms with E-state index in [-0.39, 0.29) is 23.7 Å². The van der Waals surface area contributed by atoms with Crippen LogP contribution in [0.5, 0.6) is 0 Å². The van der Waals surface area contributed by atoms with Crippen molar-refractivity contribution >= 4 is 23.2 Å². The summed E-state index contributed by atoms with van der Waals surface area (Å²) in [4.78, 5) is 28.5. The Kier molecular flexibility index (Phi) is 5.04. The first-order valence-corrected chi connectivity index (χ1v) is 10.0. The lowest BCUT2D eigenvalue weighted by Crippen LogP contribution is -2.39. The minimum atomic E-state index is -0.336. The van der Waals surface area contributed by atoms with Gasteiger partial charge < -0.3 is 10.6 Å². The van der Waals surface area contributed by atoms with Crippen LogP contribution < -0.4 is 5.73 Å². The molecule has 0 saturated carbocycles. The lowest BCUT2D eigenvalue weighted by molar-refractivity contribution is 0.0611. The summed E-state index contributed by atoms with van der Waals surface area (Å²) < 4.78 is 13.8. The standard InChI is InChI=1S/C20H20FN5OS/c1-12-18(28-11-24-12)19(27)26-8-3-2-7-16(26)17-15(10-23-20(22)25-17)13-5-4-6-14(21)9-13/h4-6,9-11,16H,2-3,7-8H2,1H3,(H2,22,23,25)/t16-/m1/s1. The number of hydrogen-bond donors (Lipinski definition) is 1. The number of nitrogen functional groups attached to an aromatic ring is 1. The number of carbonyl (C=O) groups excluding carboxylic acids is 1. The molecule has 3 heterocycles. The van der Waals surface area contributed by atoms with Crippen molar-refractivity contribution < 1.29 is 9.18 Å². The highest BCUT2D eigenvalue weighted by Crippen LogP contribution is 2.37. The fraction of sp³-hybridized carbons (Fsp3) is 0.300. The molecule has 0 unspecified atom stereocenters. The number of likely N-dealkylation sites (tertiary alicyclic amines) is 1. The molecule has 1 atom stereocenters. The Labute approximate surface area is 166 Å². The van der Waals surface area contributed by atoms with Gasteiger partial charge in [0.2, 0.25) is 5.95 Å². The van der Waals surface area contributed by atoms with Crippen molar-refractivity contribution in [2.75, 3.05) is 12.3 Å². The Morgan fingerprint density at radius 1 is 1.32 bits per heavy atom. The van der Waals surface area contributed by atoms with E-state index >= 15 is 0 Å². The summed E-state index contributed by atoms with van der Waals surface area (Å²) >= 11 is 1.34. The Hall–Kier alpha value is -2.87. The Morgan fingerprint density at radius 2 is 2.18 bits per heavy atom. The van der Waals surface area contributed by atoms with E-state index in [4.69, 9.17) is 5.73 Å². The predicted octanol–water partition coefficient (Wildman–Crippen LogP) is 4.00. The number of aromatic nitrogens is 3. The summed E-state index contributed by atoms with van der Waals surface area (Å²) in [6.07, 6.45) is 4.28. The highest BCUT2D eigenvalue weighted by molar-refractivity contribution is 7.11. The molecule has 1 fully saturated rings. The van der Waals surface area contributed by atoms with Crippen molar-refractivity contribution in [3.63, 3.8) is 0 Å². The molecule has 8 heteroatoms. The van der Waals surface area contributed by atoms with Crippen LogP contribution >= 0.6 is 11.3 Å². The number of halogens is 1. The summed E-state index contributed by atoms with van der Waals surface area (Å²) in [5.41, 5.74) is 10.3. The van der Waals surface area contributed by atoms with E-state index < -0.39 is 0 Å². The zero-order valence-electron chi connectivity index (χ0n) is 15.4. The van der Waals surface area contributed by atoms with E-state index in [9.17, 15) is 9.18 Å². The van der Waals surface area contributed by atoms with Crippen LogP contribution in [-0.2, 0) is 0 Å². The number of nitrogens with zero attached hydrogens (tertiary/aromatic N) is 4. The molecule has 2 N–H and O–H groups in total. The van der Waals surface area contributed by atoms with Crippen LogP contribution in [0.3, 0.4) is 0 Å². The Morgan fingerprint density at radius 3 is 2.93 bits per heavy atom. The second-order valence-corrected chi connectivity index (χ2v) is 7.67. The fourth-order valence-corrected chi connectivity index (χ4v) is 4.40. The van der Waals surface area contributed by atoms with Gasteiger partial charge in [0.15, 0.2) is 0 Å². The van der Waals surface area contributed by atoms with Gasteiger partial charge in [-0.25, -0.2) is 19.3 Å². The molecule has 0 radical (unpaired) electrons. The molecular formula is C20H20FN5OS. The van der Waals surface area contributed by atoms with Gasteiger partial charge in [-0.1, -0.05) is 12.1 Å². The minimum Gasteiger partial charge on any atom is -0.368 e. The average Bonchev–Trinajstić information content (AvgIpc) is 3.13. The number of nitrogens with two attached hydrogens (primary N) is 1. The van der Waals surface area contributed by atoms with Gasteiger partial charge in [0.1, 0.15) is 10.7 Å². The van der Waals surface area contributed by atoms with Crippen molar-refractivity contribution in [3.05, 3.63) is 58.1 Å². The Balaban J connectivity index is 1.79. The van der Waals surface area contributed by atoms with Crippen molar-refractivity contribution in [1.29, 1.82) is 0 Å². The van der Waals surface area contributed by atoms with Gasteiger partial charge in [-0.2, -0.15) is 0 Å². The van der Waals surface area contributed by atoms with Crippen LogP contribution in [-0.4, -0.2) is 32.3 Å². The van der Waals surface area contributed by atoms with Crippen LogP contribution in [0.4, 0.5) is 10.3 Å². The largest absolute Gasteiger partial charge is 0.368 e. The van der Waals surface area contributed by atoms with Gasteiger partial charge >= 0.3 is 0 Å². The number of anilines is 1. The van der Waals surface area contributed by atoms with Crippen LogP contribution in [0, 0.1) is 12.7 Å². The number of aryl methyl sites for hydroxylation is 1. The normalized spacial score (nSPS) is 16.9. The molecular weight excluding hydrogens is 377 g/mol. The quantitative estimate of drug-likeness (QED) is 0.722. The molecule has 28 heavy (non-hydrogen) atoms. The molecule has 2 aromatic heterocycles. The van der Waals surface area contributed by atoms with Gasteiger partial charge in [-0.3, -0.25) is 4.79 Å². The summed E-state index contributed by atoms with van der Waals surface area (Å²) in [6.45, 7) is 2.47. The topological polar surface area (TPSA) is 85.0 Å². The molecule has 1 aromatic carbocycles. The van der Waals surface area contributed by atoms with E-state index in [2.05, 4.69) is 15.0 Å². The second-order valence-electron chi connectivity index (χ2n) is 6.81. The molecule has 1 amide bonds. The van der Waals surface area contributed by atoms with Gasteiger partial charge in [-0.15, -0.1) is 11.3 Å². The second kappa shape index (κ2) is 7.63. The maximum atomic E-state index is 13.8. The first-order valence-electron chi connectivity index (χ1n) is 9.14. The highest BCUT2D eigenvalue weighted by atomic mass is 32.1. The number of piperidine rings is 1. The molecule has 1 aliphatic heterocycles. The van der Waals surface area contributed by atoms with E-state index in [1.54, 1.807) is 17.8 Å². The minimum absolute atomic E-state index is 0.0490. The molecule has 0 spiro atoms. The maximum Gasteiger partial charge on any atom is 0.266 e. The smallest absolute Gasteiger partial charge is 0.266 e. The third-order valence-corrected chi connectivity index (χ3v) is 5.91. The maximum absolute atomic E-state index is 13.8. The summed E-state index contributed by atoms with van der Waals surface area (Å²) in [5.74, 6) is -0.244. The first kappa shape index (κ1) is 18.5. The molecule has 144 valence electrons. The lowest BCUT2D eigenvalue weighted by Gasteiger charge is -2.36. The number of rotatable bonds is 3. The number of thiazole rings is 1. The Bertz CT molecular complexity index is 1020. The molecule has 4 rings (SSSR count). The monoisotopic (exact) mass is 397 g/mol. The lowest BCUT2D eigenvalue weighted by atomic mass is 9.93. The zero-order chi connectivity index (χ0) is 19.7. The molecule has 1 aliphatic rings. The summed E-state index contributed by atoms with van der Waals surface area (Å²) in [6, 6.07) is 6.05. The van der Waals surface area contributed by atoms with Crippen LogP contribution in [0.25, 0.3) is 11.1 Å². The average molecular weight is 397 g/mol. The van der Waals surface area contributed by atoms with Crippen molar-refractivity contribution in [1.82, 2.24) is 19.9 Å². The van der Waals surface area contributed by atoms with Crippen LogP contribution in [0.15, 0.2) is 36.0 Å². The predicted molar refractivity (Wildman–Crippen MR) is 106 cm³/mol. The van der Waals surface area contributed by atoms with Crippen LogP contribution in [0.2, 0.25) is 0 Å². The third kappa shape index (κ3) is 3.47. The summed E-state index contributed by atoms with van der Waals surface area (Å²) in [5, 5.41) is 0. The van der Waals surface area contributed by atoms with E-state index in [0.717, 1.165) is 25.0 Å².